The highest BCUT2D eigenvalue weighted by atomic mass is 16.1. The van der Waals surface area contributed by atoms with Gasteiger partial charge in [-0.05, 0) is 18.4 Å². The average Bonchev–Trinajstić information content (AvgIpc) is 2.39. The normalized spacial score (nSPS) is 11.8. The number of nitrogens with one attached hydrogen (secondary N) is 1. The summed E-state index contributed by atoms with van der Waals surface area (Å²) < 4.78 is 0. The van der Waals surface area contributed by atoms with Crippen LogP contribution in [0.15, 0.2) is 30.3 Å². The molecule has 0 aliphatic heterocycles. The van der Waals surface area contributed by atoms with Gasteiger partial charge in [0.05, 0.1) is 0 Å². The molecule has 1 aromatic rings. The highest BCUT2D eigenvalue weighted by Gasteiger charge is 2.10. The molecule has 0 saturated heterocycles. The third-order valence-electron chi connectivity index (χ3n) is 2.81. The van der Waals surface area contributed by atoms with E-state index >= 15 is 0 Å². The zero-order valence-electron chi connectivity index (χ0n) is 11.0. The van der Waals surface area contributed by atoms with Crippen LogP contribution in [0, 0.1) is 0 Å². The van der Waals surface area contributed by atoms with Gasteiger partial charge >= 0.3 is 0 Å². The van der Waals surface area contributed by atoms with Crippen LogP contribution in [0.3, 0.4) is 0 Å². The predicted octanol–water partition coefficient (Wildman–Crippen LogP) is 0.848. The van der Waals surface area contributed by atoms with E-state index in [2.05, 4.69) is 5.32 Å². The lowest BCUT2D eigenvalue weighted by Gasteiger charge is -2.11. The van der Waals surface area contributed by atoms with E-state index in [1.165, 1.54) is 0 Å². The van der Waals surface area contributed by atoms with Crippen molar-refractivity contribution in [2.45, 2.75) is 31.7 Å². The minimum atomic E-state index is -0.308. The van der Waals surface area contributed by atoms with Gasteiger partial charge in [-0.15, -0.1) is 0 Å². The molecule has 104 valence electrons. The molecule has 0 aliphatic rings. The lowest BCUT2D eigenvalue weighted by molar-refractivity contribution is -0.121. The fourth-order valence-electron chi connectivity index (χ4n) is 1.74. The van der Waals surface area contributed by atoms with Gasteiger partial charge in [0.1, 0.15) is 0 Å². The van der Waals surface area contributed by atoms with Crippen molar-refractivity contribution in [3.8, 4) is 0 Å². The highest BCUT2D eigenvalue weighted by molar-refractivity contribution is 5.76. The third-order valence-corrected chi connectivity index (χ3v) is 2.81. The predicted molar refractivity (Wildman–Crippen MR) is 74.0 cm³/mol. The molecule has 2 amide bonds. The molecule has 5 heteroatoms. The van der Waals surface area contributed by atoms with E-state index in [1.54, 1.807) is 0 Å². The summed E-state index contributed by atoms with van der Waals surface area (Å²) in [5.74, 6) is -0.382. The van der Waals surface area contributed by atoms with Gasteiger partial charge in [-0.1, -0.05) is 30.3 Å². The van der Waals surface area contributed by atoms with Crippen LogP contribution in [-0.4, -0.2) is 18.4 Å². The van der Waals surface area contributed by atoms with Gasteiger partial charge in [-0.25, -0.2) is 0 Å². The molecular weight excluding hydrogens is 242 g/mol. The van der Waals surface area contributed by atoms with Crippen LogP contribution in [0.5, 0.6) is 0 Å². The van der Waals surface area contributed by atoms with Crippen molar-refractivity contribution in [2.75, 3.05) is 6.54 Å². The topological polar surface area (TPSA) is 98.2 Å². The Labute approximate surface area is 113 Å². The van der Waals surface area contributed by atoms with Gasteiger partial charge in [0.15, 0.2) is 0 Å². The van der Waals surface area contributed by atoms with E-state index in [0.717, 1.165) is 12.0 Å². The van der Waals surface area contributed by atoms with Gasteiger partial charge in [-0.3, -0.25) is 9.59 Å². The van der Waals surface area contributed by atoms with E-state index in [4.69, 9.17) is 11.5 Å². The number of nitrogens with two attached hydrogens (primary N) is 2. The number of primary amides is 1. The molecular formula is C14H21N3O2. The van der Waals surface area contributed by atoms with Crippen molar-refractivity contribution in [1.29, 1.82) is 0 Å². The van der Waals surface area contributed by atoms with Crippen molar-refractivity contribution in [3.63, 3.8) is 0 Å². The number of carbonyl (C=O) groups excluding carboxylic acids is 2. The molecule has 1 rings (SSSR count). The standard InChI is InChI=1S/C14H21N3O2/c15-12(11-6-2-1-3-7-11)10-14(19)17-9-5-4-8-13(16)18/h1-3,6-7,12H,4-5,8-10,15H2,(H2,16,18)(H,17,19). The van der Waals surface area contributed by atoms with E-state index in [1.807, 2.05) is 30.3 Å². The monoisotopic (exact) mass is 263 g/mol. The molecule has 0 heterocycles. The van der Waals surface area contributed by atoms with Crippen LogP contribution in [0.1, 0.15) is 37.3 Å². The lowest BCUT2D eigenvalue weighted by atomic mass is 10.0. The van der Waals surface area contributed by atoms with Crippen LogP contribution in [0.2, 0.25) is 0 Å². The zero-order valence-corrected chi connectivity index (χ0v) is 11.0. The number of carbonyl (C=O) groups is 2. The summed E-state index contributed by atoms with van der Waals surface area (Å²) in [5, 5.41) is 2.79. The summed E-state index contributed by atoms with van der Waals surface area (Å²) in [7, 11) is 0. The molecule has 0 spiro atoms. The molecule has 0 aliphatic carbocycles. The molecule has 0 fully saturated rings. The Morgan fingerprint density at radius 3 is 2.47 bits per heavy atom. The van der Waals surface area contributed by atoms with Crippen molar-refractivity contribution < 1.29 is 9.59 Å². The minimum absolute atomic E-state index is 0.0737. The number of hydrogen-bond acceptors (Lipinski definition) is 3. The smallest absolute Gasteiger partial charge is 0.221 e. The van der Waals surface area contributed by atoms with E-state index in [0.29, 0.717) is 19.4 Å². The first-order chi connectivity index (χ1) is 9.09. The van der Waals surface area contributed by atoms with E-state index < -0.39 is 0 Å². The van der Waals surface area contributed by atoms with Crippen LogP contribution >= 0.6 is 0 Å². The summed E-state index contributed by atoms with van der Waals surface area (Å²) in [5.41, 5.74) is 11.9. The minimum Gasteiger partial charge on any atom is -0.370 e. The molecule has 0 bridgehead atoms. The van der Waals surface area contributed by atoms with Crippen LogP contribution < -0.4 is 16.8 Å². The number of rotatable bonds is 8. The Bertz CT molecular complexity index is 406. The van der Waals surface area contributed by atoms with Gasteiger partial charge < -0.3 is 16.8 Å². The van der Waals surface area contributed by atoms with Crippen molar-refractivity contribution in [3.05, 3.63) is 35.9 Å². The molecule has 0 aromatic heterocycles. The Balaban J connectivity index is 2.19. The first-order valence-electron chi connectivity index (χ1n) is 6.45. The first kappa shape index (κ1) is 15.2. The van der Waals surface area contributed by atoms with Crippen LogP contribution in [0.4, 0.5) is 0 Å². The number of benzene rings is 1. The zero-order chi connectivity index (χ0) is 14.1. The summed E-state index contributed by atoms with van der Waals surface area (Å²) in [6, 6.07) is 9.24. The Kier molecular flexibility index (Phi) is 6.60. The quantitative estimate of drug-likeness (QED) is 0.606. The fraction of sp³-hybridized carbons (Fsp3) is 0.429. The number of amides is 2. The second-order valence-corrected chi connectivity index (χ2v) is 4.49. The molecule has 0 saturated carbocycles. The van der Waals surface area contributed by atoms with Crippen molar-refractivity contribution >= 4 is 11.8 Å². The molecule has 1 aromatic carbocycles. The maximum atomic E-state index is 11.6. The maximum absolute atomic E-state index is 11.6. The van der Waals surface area contributed by atoms with Gasteiger partial charge in [0.25, 0.3) is 0 Å². The summed E-state index contributed by atoms with van der Waals surface area (Å²) >= 11 is 0. The van der Waals surface area contributed by atoms with Gasteiger partial charge in [0.2, 0.25) is 11.8 Å². The third kappa shape index (κ3) is 6.57. The Morgan fingerprint density at radius 2 is 1.84 bits per heavy atom. The largest absolute Gasteiger partial charge is 0.370 e. The average molecular weight is 263 g/mol. The van der Waals surface area contributed by atoms with Gasteiger partial charge in [-0.2, -0.15) is 0 Å². The maximum Gasteiger partial charge on any atom is 0.221 e. The van der Waals surface area contributed by atoms with Crippen molar-refractivity contribution in [1.82, 2.24) is 5.32 Å². The summed E-state index contributed by atoms with van der Waals surface area (Å²) in [4.78, 5) is 22.2. The molecule has 19 heavy (non-hydrogen) atoms. The fourth-order valence-corrected chi connectivity index (χ4v) is 1.74. The lowest BCUT2D eigenvalue weighted by Crippen LogP contribution is -2.28. The van der Waals surface area contributed by atoms with Gasteiger partial charge in [0, 0.05) is 25.4 Å². The van der Waals surface area contributed by atoms with E-state index in [9.17, 15) is 9.59 Å². The van der Waals surface area contributed by atoms with Crippen molar-refractivity contribution in [2.24, 2.45) is 11.5 Å². The second kappa shape index (κ2) is 8.26. The Hall–Kier alpha value is -1.88. The van der Waals surface area contributed by atoms with Crippen LogP contribution in [-0.2, 0) is 9.59 Å². The molecule has 5 N–H and O–H groups in total. The number of hydrogen-bond donors (Lipinski definition) is 3. The summed E-state index contributed by atoms with van der Waals surface area (Å²) in [6.07, 6.45) is 2.06. The molecule has 1 atom stereocenters. The summed E-state index contributed by atoms with van der Waals surface area (Å²) in [6.45, 7) is 0.549. The molecule has 5 nitrogen and oxygen atoms in total. The number of unbranched alkanes of at least 4 members (excludes halogenated alkanes) is 1. The van der Waals surface area contributed by atoms with Crippen LogP contribution in [0.25, 0.3) is 0 Å². The molecule has 1 unspecified atom stereocenters. The van der Waals surface area contributed by atoms with E-state index in [-0.39, 0.29) is 24.3 Å². The Morgan fingerprint density at radius 1 is 1.16 bits per heavy atom. The SMILES string of the molecule is NC(=O)CCCCNC(=O)CC(N)c1ccccc1. The first-order valence-corrected chi connectivity index (χ1v) is 6.45. The molecule has 0 radical (unpaired) electrons. The second-order valence-electron chi connectivity index (χ2n) is 4.49. The highest BCUT2D eigenvalue weighted by Crippen LogP contribution is 2.12.